The number of aromatic nitrogens is 2. The molecule has 1 aliphatic heterocycles. The van der Waals surface area contributed by atoms with Gasteiger partial charge in [-0.2, -0.15) is 0 Å². The molecule has 3 aromatic rings. The summed E-state index contributed by atoms with van der Waals surface area (Å²) in [5.74, 6) is -0.584. The van der Waals surface area contributed by atoms with Crippen LogP contribution in [0.1, 0.15) is 0 Å². The second kappa shape index (κ2) is 6.12. The minimum Gasteiger partial charge on any atom is -0.366 e. The molecule has 25 heavy (non-hydrogen) atoms. The summed E-state index contributed by atoms with van der Waals surface area (Å²) in [6.45, 7) is 3.40. The summed E-state index contributed by atoms with van der Waals surface area (Å²) in [4.78, 5) is 9.61. The number of benzene rings is 1. The van der Waals surface area contributed by atoms with Crippen molar-refractivity contribution in [2.75, 3.05) is 31.1 Å². The van der Waals surface area contributed by atoms with Gasteiger partial charge < -0.3 is 15.2 Å². The Hall–Kier alpha value is -2.45. The molecule has 0 bridgehead atoms. The topological polar surface area (TPSA) is 78.1 Å². The maximum atomic E-state index is 13.5. The van der Waals surface area contributed by atoms with Gasteiger partial charge in [0.05, 0.1) is 21.0 Å². The molecule has 0 aliphatic carbocycles. The van der Waals surface area contributed by atoms with Crippen LogP contribution in [-0.2, 0) is 9.84 Å². The zero-order valence-electron chi connectivity index (χ0n) is 13.4. The fraction of sp³-hybridized carbons (Fsp3) is 0.235. The summed E-state index contributed by atoms with van der Waals surface area (Å²) < 4.78 is 39.4. The molecule has 1 aliphatic rings. The molecular formula is C17H17FN4O2S. The number of hydrogen-bond donors (Lipinski definition) is 2. The molecule has 130 valence electrons. The van der Waals surface area contributed by atoms with Gasteiger partial charge in [0.1, 0.15) is 11.3 Å². The highest BCUT2D eigenvalue weighted by Gasteiger charge is 2.24. The Morgan fingerprint density at radius 3 is 2.72 bits per heavy atom. The van der Waals surface area contributed by atoms with Crippen LogP contribution < -0.4 is 10.2 Å². The summed E-state index contributed by atoms with van der Waals surface area (Å²) in [6.07, 6.45) is 3.27. The maximum Gasteiger partial charge on any atom is 0.208 e. The van der Waals surface area contributed by atoms with Crippen LogP contribution in [0.15, 0.2) is 52.5 Å². The van der Waals surface area contributed by atoms with Crippen molar-refractivity contribution >= 4 is 26.6 Å². The SMILES string of the molecule is O=S(=O)(c1cccc(F)c1)c1ccnc2c(N3CCNCC3)c[nH]c12. The van der Waals surface area contributed by atoms with E-state index in [1.165, 1.54) is 30.5 Å². The molecule has 1 aromatic carbocycles. The summed E-state index contributed by atoms with van der Waals surface area (Å²) in [6, 6.07) is 6.48. The van der Waals surface area contributed by atoms with Crippen LogP contribution in [0.3, 0.4) is 0 Å². The second-order valence-electron chi connectivity index (χ2n) is 5.90. The lowest BCUT2D eigenvalue weighted by molar-refractivity contribution is 0.590. The first-order chi connectivity index (χ1) is 12.1. The average Bonchev–Trinajstić information content (AvgIpc) is 3.06. The predicted molar refractivity (Wildman–Crippen MR) is 93.0 cm³/mol. The van der Waals surface area contributed by atoms with Crippen molar-refractivity contribution in [3.63, 3.8) is 0 Å². The molecule has 2 aromatic heterocycles. The molecule has 0 unspecified atom stereocenters. The summed E-state index contributed by atoms with van der Waals surface area (Å²) in [5.41, 5.74) is 1.94. The molecular weight excluding hydrogens is 343 g/mol. The highest BCUT2D eigenvalue weighted by atomic mass is 32.2. The summed E-state index contributed by atoms with van der Waals surface area (Å²) >= 11 is 0. The first-order valence-corrected chi connectivity index (χ1v) is 9.48. The lowest BCUT2D eigenvalue weighted by atomic mass is 10.3. The number of anilines is 1. The van der Waals surface area contributed by atoms with Crippen LogP contribution in [0.25, 0.3) is 11.0 Å². The van der Waals surface area contributed by atoms with E-state index in [1.54, 1.807) is 6.20 Å². The molecule has 2 N–H and O–H groups in total. The van der Waals surface area contributed by atoms with Gasteiger partial charge in [-0.1, -0.05) is 6.07 Å². The number of hydrogen-bond acceptors (Lipinski definition) is 5. The number of nitrogens with one attached hydrogen (secondary N) is 2. The van der Waals surface area contributed by atoms with Gasteiger partial charge in [0.15, 0.2) is 0 Å². The molecule has 3 heterocycles. The number of H-pyrrole nitrogens is 1. The second-order valence-corrected chi connectivity index (χ2v) is 7.82. The van der Waals surface area contributed by atoms with Crippen molar-refractivity contribution in [2.24, 2.45) is 0 Å². The van der Waals surface area contributed by atoms with Gasteiger partial charge in [-0.3, -0.25) is 4.98 Å². The molecule has 8 heteroatoms. The molecule has 0 atom stereocenters. The van der Waals surface area contributed by atoms with Crippen LogP contribution in [-0.4, -0.2) is 44.6 Å². The number of nitrogens with zero attached hydrogens (tertiary/aromatic N) is 2. The van der Waals surface area contributed by atoms with Gasteiger partial charge in [0.25, 0.3) is 0 Å². The zero-order chi connectivity index (χ0) is 17.4. The van der Waals surface area contributed by atoms with Crippen LogP contribution in [0.5, 0.6) is 0 Å². The Balaban J connectivity index is 1.84. The van der Waals surface area contributed by atoms with Gasteiger partial charge in [-0.25, -0.2) is 12.8 Å². The van der Waals surface area contributed by atoms with Gasteiger partial charge in [0, 0.05) is 38.6 Å². The monoisotopic (exact) mass is 360 g/mol. The molecule has 0 amide bonds. The number of sulfone groups is 1. The standard InChI is InChI=1S/C17H17FN4O2S/c18-12-2-1-3-13(10-12)25(23,24)15-4-5-20-16-14(11-21-17(15)16)22-8-6-19-7-9-22/h1-5,10-11,19,21H,6-9H2. The summed E-state index contributed by atoms with van der Waals surface area (Å²) in [5, 5.41) is 3.28. The maximum absolute atomic E-state index is 13.5. The summed E-state index contributed by atoms with van der Waals surface area (Å²) in [7, 11) is -3.85. The lowest BCUT2D eigenvalue weighted by Gasteiger charge is -2.28. The van der Waals surface area contributed by atoms with E-state index in [0.717, 1.165) is 37.9 Å². The van der Waals surface area contributed by atoms with E-state index in [4.69, 9.17) is 0 Å². The zero-order valence-corrected chi connectivity index (χ0v) is 14.2. The van der Waals surface area contributed by atoms with Crippen LogP contribution in [0, 0.1) is 5.82 Å². The minimum atomic E-state index is -3.85. The first kappa shape index (κ1) is 16.0. The minimum absolute atomic E-state index is 0.0710. The van der Waals surface area contributed by atoms with Crippen molar-refractivity contribution in [3.8, 4) is 0 Å². The lowest BCUT2D eigenvalue weighted by Crippen LogP contribution is -2.43. The Kier molecular flexibility index (Phi) is 3.93. The van der Waals surface area contributed by atoms with Gasteiger partial charge in [0.2, 0.25) is 9.84 Å². The van der Waals surface area contributed by atoms with Crippen molar-refractivity contribution in [2.45, 2.75) is 9.79 Å². The van der Waals surface area contributed by atoms with E-state index >= 15 is 0 Å². The van der Waals surface area contributed by atoms with Crippen molar-refractivity contribution in [1.29, 1.82) is 0 Å². The van der Waals surface area contributed by atoms with E-state index in [1.807, 2.05) is 0 Å². The van der Waals surface area contributed by atoms with Gasteiger partial charge in [-0.05, 0) is 24.3 Å². The molecule has 0 saturated carbocycles. The van der Waals surface area contributed by atoms with Gasteiger partial charge >= 0.3 is 0 Å². The van der Waals surface area contributed by atoms with Crippen molar-refractivity contribution < 1.29 is 12.8 Å². The van der Waals surface area contributed by atoms with E-state index in [9.17, 15) is 12.8 Å². The Labute approximate surface area is 144 Å². The van der Waals surface area contributed by atoms with Crippen molar-refractivity contribution in [3.05, 3.63) is 48.5 Å². The molecule has 0 spiro atoms. The molecule has 6 nitrogen and oxygen atoms in total. The van der Waals surface area contributed by atoms with E-state index in [-0.39, 0.29) is 9.79 Å². The van der Waals surface area contributed by atoms with Gasteiger partial charge in [-0.15, -0.1) is 0 Å². The molecule has 4 rings (SSSR count). The number of fused-ring (bicyclic) bond motifs is 1. The molecule has 1 saturated heterocycles. The Bertz CT molecular complexity index is 1030. The highest BCUT2D eigenvalue weighted by molar-refractivity contribution is 7.91. The normalized spacial score (nSPS) is 15.6. The highest BCUT2D eigenvalue weighted by Crippen LogP contribution is 2.32. The number of rotatable bonds is 3. The fourth-order valence-electron chi connectivity index (χ4n) is 3.12. The number of halogens is 1. The fourth-order valence-corrected chi connectivity index (χ4v) is 4.56. The Morgan fingerprint density at radius 1 is 1.16 bits per heavy atom. The van der Waals surface area contributed by atoms with E-state index < -0.39 is 15.7 Å². The van der Waals surface area contributed by atoms with Crippen LogP contribution >= 0.6 is 0 Å². The smallest absolute Gasteiger partial charge is 0.208 e. The first-order valence-electron chi connectivity index (χ1n) is 8.00. The largest absolute Gasteiger partial charge is 0.366 e. The van der Waals surface area contributed by atoms with Crippen LogP contribution in [0.4, 0.5) is 10.1 Å². The number of aromatic amines is 1. The van der Waals surface area contributed by atoms with E-state index in [0.29, 0.717) is 11.0 Å². The third-order valence-corrected chi connectivity index (χ3v) is 6.16. The van der Waals surface area contributed by atoms with E-state index in [2.05, 4.69) is 20.2 Å². The van der Waals surface area contributed by atoms with Crippen LogP contribution in [0.2, 0.25) is 0 Å². The average molecular weight is 360 g/mol. The number of piperazine rings is 1. The molecule has 1 fully saturated rings. The predicted octanol–water partition coefficient (Wildman–Crippen LogP) is 1.94. The Morgan fingerprint density at radius 2 is 1.96 bits per heavy atom. The third kappa shape index (κ3) is 2.77. The molecule has 0 radical (unpaired) electrons. The third-order valence-electron chi connectivity index (χ3n) is 4.36. The quantitative estimate of drug-likeness (QED) is 0.746. The van der Waals surface area contributed by atoms with Crippen molar-refractivity contribution in [1.82, 2.24) is 15.3 Å². The number of pyridine rings is 1.